The average Bonchev–Trinajstić information content (AvgIpc) is 3.32. The first-order chi connectivity index (χ1) is 15.3. The molecule has 0 radical (unpaired) electrons. The van der Waals surface area contributed by atoms with E-state index in [0.717, 1.165) is 11.3 Å². The van der Waals surface area contributed by atoms with E-state index in [4.69, 9.17) is 9.15 Å². The number of benzene rings is 2. The zero-order chi connectivity index (χ0) is 23.1. The Morgan fingerprint density at radius 2 is 1.78 bits per heavy atom. The highest BCUT2D eigenvalue weighted by atomic mass is 32.2. The van der Waals surface area contributed by atoms with Crippen LogP contribution in [0, 0.1) is 0 Å². The van der Waals surface area contributed by atoms with Crippen LogP contribution in [0.15, 0.2) is 76.2 Å². The Morgan fingerprint density at radius 1 is 1.06 bits per heavy atom. The molecule has 0 bridgehead atoms. The fourth-order valence-electron chi connectivity index (χ4n) is 3.25. The summed E-state index contributed by atoms with van der Waals surface area (Å²) in [5.74, 6) is 0.964. The van der Waals surface area contributed by atoms with Gasteiger partial charge in [0.25, 0.3) is 5.91 Å². The van der Waals surface area contributed by atoms with Crippen LogP contribution >= 0.6 is 0 Å². The van der Waals surface area contributed by atoms with Gasteiger partial charge in [-0.3, -0.25) is 4.79 Å². The smallest absolute Gasteiger partial charge is 0.251 e. The molecule has 1 aromatic heterocycles. The minimum Gasteiger partial charge on any atom is -0.496 e. The summed E-state index contributed by atoms with van der Waals surface area (Å²) in [5, 5.41) is 2.92. The number of carbonyl (C=O) groups excluding carboxylic acids is 1. The molecule has 0 spiro atoms. The molecule has 0 unspecified atom stereocenters. The molecule has 3 aromatic rings. The fourth-order valence-corrected chi connectivity index (χ4v) is 4.25. The van der Waals surface area contributed by atoms with Crippen LogP contribution in [0.5, 0.6) is 5.75 Å². The van der Waals surface area contributed by atoms with Crippen LogP contribution in [-0.4, -0.2) is 47.0 Å². The number of rotatable bonds is 10. The third kappa shape index (κ3) is 5.76. The zero-order valence-electron chi connectivity index (χ0n) is 18.2. The van der Waals surface area contributed by atoms with E-state index in [1.54, 1.807) is 19.2 Å². The van der Waals surface area contributed by atoms with Gasteiger partial charge in [0, 0.05) is 17.7 Å². The van der Waals surface area contributed by atoms with Gasteiger partial charge in [0.1, 0.15) is 11.5 Å². The van der Waals surface area contributed by atoms with E-state index in [1.165, 1.54) is 30.5 Å². The number of methoxy groups -OCH3 is 1. The molecule has 32 heavy (non-hydrogen) atoms. The molecule has 2 aromatic carbocycles. The highest BCUT2D eigenvalue weighted by Crippen LogP contribution is 2.27. The van der Waals surface area contributed by atoms with E-state index >= 15 is 0 Å². The van der Waals surface area contributed by atoms with Crippen molar-refractivity contribution in [3.05, 3.63) is 83.8 Å². The number of para-hydroxylation sites is 1. The van der Waals surface area contributed by atoms with Gasteiger partial charge in [-0.1, -0.05) is 18.2 Å². The Kier molecular flexibility index (Phi) is 7.68. The molecular weight excluding hydrogens is 430 g/mol. The Morgan fingerprint density at radius 3 is 2.41 bits per heavy atom. The summed E-state index contributed by atoms with van der Waals surface area (Å²) in [7, 11) is 1.75. The van der Waals surface area contributed by atoms with E-state index < -0.39 is 10.0 Å². The maximum Gasteiger partial charge on any atom is 0.251 e. The zero-order valence-corrected chi connectivity index (χ0v) is 19.1. The van der Waals surface area contributed by atoms with Gasteiger partial charge in [-0.2, -0.15) is 0 Å². The summed E-state index contributed by atoms with van der Waals surface area (Å²) in [6.07, 6.45) is 1.48. The topological polar surface area (TPSA) is 101 Å². The number of sulfonamides is 1. The van der Waals surface area contributed by atoms with Crippen molar-refractivity contribution in [3.63, 3.8) is 0 Å². The van der Waals surface area contributed by atoms with Crippen LogP contribution in [0.4, 0.5) is 0 Å². The average molecular weight is 458 g/mol. The summed E-state index contributed by atoms with van der Waals surface area (Å²) < 4.78 is 37.9. The van der Waals surface area contributed by atoms with Crippen LogP contribution in [0.1, 0.15) is 27.7 Å². The minimum absolute atomic E-state index is 0.0481. The quantitative estimate of drug-likeness (QED) is 0.486. The van der Waals surface area contributed by atoms with Crippen molar-refractivity contribution in [2.75, 3.05) is 27.7 Å². The number of carbonyl (C=O) groups is 1. The number of hydrogen-bond donors (Lipinski definition) is 2. The van der Waals surface area contributed by atoms with Crippen molar-refractivity contribution >= 4 is 15.9 Å². The van der Waals surface area contributed by atoms with Crippen molar-refractivity contribution in [1.82, 2.24) is 14.9 Å². The highest BCUT2D eigenvalue weighted by Gasteiger charge is 2.20. The number of nitrogens with zero attached hydrogens (tertiary/aromatic N) is 1. The lowest BCUT2D eigenvalue weighted by Gasteiger charge is -2.26. The van der Waals surface area contributed by atoms with Crippen molar-refractivity contribution < 1.29 is 22.4 Å². The molecule has 3 rings (SSSR count). The van der Waals surface area contributed by atoms with E-state index in [9.17, 15) is 13.2 Å². The SMILES string of the molecule is COc1ccccc1[C@@H](CNC(=O)c1ccc(S(=O)(=O)NCc2ccco2)cc1)N(C)C. The van der Waals surface area contributed by atoms with Crippen molar-refractivity contribution in [3.8, 4) is 5.75 Å². The molecule has 1 atom stereocenters. The second kappa shape index (κ2) is 10.4. The van der Waals surface area contributed by atoms with Gasteiger partial charge in [0.05, 0.1) is 30.9 Å². The molecule has 1 amide bonds. The third-order valence-electron chi connectivity index (χ3n) is 5.02. The Labute approximate surface area is 188 Å². The number of furan rings is 1. The molecule has 8 nitrogen and oxygen atoms in total. The molecule has 0 aliphatic heterocycles. The Bertz CT molecular complexity index is 1130. The molecule has 170 valence electrons. The summed E-state index contributed by atoms with van der Waals surface area (Å²) in [4.78, 5) is 14.7. The number of nitrogens with one attached hydrogen (secondary N) is 2. The third-order valence-corrected chi connectivity index (χ3v) is 6.44. The van der Waals surface area contributed by atoms with Gasteiger partial charge in [-0.25, -0.2) is 13.1 Å². The molecular formula is C23H27N3O5S. The number of ether oxygens (including phenoxy) is 1. The normalized spacial score (nSPS) is 12.5. The van der Waals surface area contributed by atoms with Crippen LogP contribution in [0.25, 0.3) is 0 Å². The second-order valence-corrected chi connectivity index (χ2v) is 9.13. The monoisotopic (exact) mass is 457 g/mol. The number of likely N-dealkylation sites (N-methyl/N-ethyl adjacent to an activating group) is 1. The first-order valence-electron chi connectivity index (χ1n) is 10.0. The van der Waals surface area contributed by atoms with E-state index in [2.05, 4.69) is 10.0 Å². The lowest BCUT2D eigenvalue weighted by molar-refractivity contribution is 0.0941. The maximum absolute atomic E-state index is 12.7. The standard InChI is InChI=1S/C23H27N3O5S/c1-26(2)21(20-8-4-5-9-22(20)30-3)16-24-23(27)17-10-12-19(13-11-17)32(28,29)25-15-18-7-6-14-31-18/h4-14,21,25H,15-16H2,1-3H3,(H,24,27)/t21-/m1/s1. The molecule has 0 fully saturated rings. The second-order valence-electron chi connectivity index (χ2n) is 7.36. The molecule has 9 heteroatoms. The summed E-state index contributed by atoms with van der Waals surface area (Å²) >= 11 is 0. The number of hydrogen-bond acceptors (Lipinski definition) is 6. The van der Waals surface area contributed by atoms with Gasteiger partial charge >= 0.3 is 0 Å². The van der Waals surface area contributed by atoms with Gasteiger partial charge in [-0.05, 0) is 56.6 Å². The first-order valence-corrected chi connectivity index (χ1v) is 11.5. The predicted molar refractivity (Wildman–Crippen MR) is 121 cm³/mol. The van der Waals surface area contributed by atoms with E-state index in [1.807, 2.05) is 43.3 Å². The number of amides is 1. The van der Waals surface area contributed by atoms with Crippen molar-refractivity contribution in [2.45, 2.75) is 17.5 Å². The van der Waals surface area contributed by atoms with Gasteiger partial charge in [0.2, 0.25) is 10.0 Å². The summed E-state index contributed by atoms with van der Waals surface area (Å²) in [6, 6.07) is 16.7. The van der Waals surface area contributed by atoms with Crippen molar-refractivity contribution in [2.24, 2.45) is 0 Å². The van der Waals surface area contributed by atoms with Crippen LogP contribution in [0.2, 0.25) is 0 Å². The van der Waals surface area contributed by atoms with Crippen LogP contribution < -0.4 is 14.8 Å². The highest BCUT2D eigenvalue weighted by molar-refractivity contribution is 7.89. The summed E-state index contributed by atoms with van der Waals surface area (Å²) in [6.45, 7) is 0.406. The summed E-state index contributed by atoms with van der Waals surface area (Å²) in [5.41, 5.74) is 1.33. The molecule has 0 aliphatic carbocycles. The molecule has 1 heterocycles. The maximum atomic E-state index is 12.7. The Hall–Kier alpha value is -3.14. The van der Waals surface area contributed by atoms with Crippen LogP contribution in [0.3, 0.4) is 0 Å². The minimum atomic E-state index is -3.72. The lowest BCUT2D eigenvalue weighted by Crippen LogP contribution is -2.34. The molecule has 0 saturated heterocycles. The first kappa shape index (κ1) is 23.5. The van der Waals surface area contributed by atoms with E-state index in [-0.39, 0.29) is 23.4 Å². The molecule has 2 N–H and O–H groups in total. The molecule has 0 saturated carbocycles. The predicted octanol–water partition coefficient (Wildman–Crippen LogP) is 2.80. The van der Waals surface area contributed by atoms with Gasteiger partial charge in [0.15, 0.2) is 0 Å². The van der Waals surface area contributed by atoms with Crippen molar-refractivity contribution in [1.29, 1.82) is 0 Å². The fraction of sp³-hybridized carbons (Fsp3) is 0.261. The van der Waals surface area contributed by atoms with Gasteiger partial charge < -0.3 is 19.4 Å². The van der Waals surface area contributed by atoms with E-state index in [0.29, 0.717) is 17.9 Å². The molecule has 0 aliphatic rings. The van der Waals surface area contributed by atoms with Gasteiger partial charge in [-0.15, -0.1) is 0 Å². The van der Waals surface area contributed by atoms with Crippen LogP contribution in [-0.2, 0) is 16.6 Å². The lowest BCUT2D eigenvalue weighted by atomic mass is 10.0. The largest absolute Gasteiger partial charge is 0.496 e. The Balaban J connectivity index is 1.65.